The molecule has 0 fully saturated rings. The van der Waals surface area contributed by atoms with Crippen LogP contribution in [0, 0.1) is 6.92 Å². The van der Waals surface area contributed by atoms with Crippen LogP contribution in [0.5, 0.6) is 0 Å². The Labute approximate surface area is 124 Å². The summed E-state index contributed by atoms with van der Waals surface area (Å²) in [5.74, 6) is 0. The molecule has 0 bridgehead atoms. The number of nitrogens with zero attached hydrogens (tertiary/aromatic N) is 2. The summed E-state index contributed by atoms with van der Waals surface area (Å²) in [6.07, 6.45) is 1.67. The fourth-order valence-electron chi connectivity index (χ4n) is 2.29. The first kappa shape index (κ1) is 16.7. The number of rotatable bonds is 7. The van der Waals surface area contributed by atoms with Crippen LogP contribution in [0.1, 0.15) is 45.5 Å². The van der Waals surface area contributed by atoms with Crippen LogP contribution in [0.4, 0.5) is 0 Å². The highest BCUT2D eigenvalue weighted by Gasteiger charge is 2.32. The van der Waals surface area contributed by atoms with E-state index in [9.17, 15) is 0 Å². The number of ether oxygens (including phenoxy) is 1. The monoisotopic (exact) mass is 331 g/mol. The second-order valence-corrected chi connectivity index (χ2v) is 5.86. The number of hydrogen-bond donors (Lipinski definition) is 1. The van der Waals surface area contributed by atoms with Gasteiger partial charge in [0.15, 0.2) is 0 Å². The van der Waals surface area contributed by atoms with E-state index in [0.29, 0.717) is 6.61 Å². The Hall–Kier alpha value is -0.390. The number of aromatic nitrogens is 2. The summed E-state index contributed by atoms with van der Waals surface area (Å²) in [6.45, 7) is 11.9. The Bertz CT molecular complexity index is 419. The van der Waals surface area contributed by atoms with Crippen molar-refractivity contribution in [2.75, 3.05) is 6.61 Å². The van der Waals surface area contributed by atoms with E-state index in [1.54, 1.807) is 0 Å². The fourth-order valence-corrected chi connectivity index (χ4v) is 2.74. The predicted molar refractivity (Wildman–Crippen MR) is 82.3 cm³/mol. The van der Waals surface area contributed by atoms with Crippen LogP contribution in [0.3, 0.4) is 0 Å². The first-order valence-corrected chi connectivity index (χ1v) is 7.80. The molecule has 1 aromatic heterocycles. The largest absolute Gasteiger partial charge is 0.374 e. The summed E-state index contributed by atoms with van der Waals surface area (Å²) < 4.78 is 8.95. The van der Waals surface area contributed by atoms with Gasteiger partial charge in [-0.1, -0.05) is 6.92 Å². The van der Waals surface area contributed by atoms with Gasteiger partial charge in [0, 0.05) is 25.6 Å². The summed E-state index contributed by atoms with van der Waals surface area (Å²) in [6, 6.07) is -0.0462. The molecule has 5 heteroatoms. The normalized spacial score (nSPS) is 16.4. The van der Waals surface area contributed by atoms with Gasteiger partial charge in [0.05, 0.1) is 21.5 Å². The average molecular weight is 332 g/mol. The van der Waals surface area contributed by atoms with E-state index < -0.39 is 0 Å². The van der Waals surface area contributed by atoms with Gasteiger partial charge < -0.3 is 10.5 Å². The van der Waals surface area contributed by atoms with Gasteiger partial charge in [0.2, 0.25) is 0 Å². The Morgan fingerprint density at radius 3 is 2.53 bits per heavy atom. The molecule has 4 nitrogen and oxygen atoms in total. The SMILES string of the molecule is CCOC(C)(CC)C(N)Cc1c(Br)c(C)nn1CC. The van der Waals surface area contributed by atoms with Crippen molar-refractivity contribution < 1.29 is 4.74 Å². The minimum Gasteiger partial charge on any atom is -0.374 e. The fraction of sp³-hybridized carbons (Fsp3) is 0.786. The lowest BCUT2D eigenvalue weighted by molar-refractivity contribution is -0.0465. The molecule has 0 aliphatic rings. The van der Waals surface area contributed by atoms with Crippen molar-refractivity contribution in [1.29, 1.82) is 0 Å². The van der Waals surface area contributed by atoms with Crippen LogP contribution in [0.2, 0.25) is 0 Å². The Morgan fingerprint density at radius 1 is 1.42 bits per heavy atom. The maximum absolute atomic E-state index is 6.40. The maximum Gasteiger partial charge on any atom is 0.0805 e. The molecule has 19 heavy (non-hydrogen) atoms. The molecule has 0 saturated heterocycles. The van der Waals surface area contributed by atoms with Gasteiger partial charge in [-0.25, -0.2) is 0 Å². The Morgan fingerprint density at radius 2 is 2.05 bits per heavy atom. The Balaban J connectivity index is 2.95. The highest BCUT2D eigenvalue weighted by atomic mass is 79.9. The topological polar surface area (TPSA) is 53.1 Å². The van der Waals surface area contributed by atoms with E-state index in [0.717, 1.165) is 35.2 Å². The quantitative estimate of drug-likeness (QED) is 0.835. The number of hydrogen-bond acceptors (Lipinski definition) is 3. The van der Waals surface area contributed by atoms with Crippen molar-refractivity contribution in [3.05, 3.63) is 15.9 Å². The number of halogens is 1. The summed E-state index contributed by atoms with van der Waals surface area (Å²) in [5.41, 5.74) is 8.28. The molecule has 0 radical (unpaired) electrons. The van der Waals surface area contributed by atoms with Crippen molar-refractivity contribution in [2.24, 2.45) is 5.73 Å². The molecule has 110 valence electrons. The van der Waals surface area contributed by atoms with E-state index in [1.165, 1.54) is 0 Å². The van der Waals surface area contributed by atoms with Crippen LogP contribution in [-0.2, 0) is 17.7 Å². The minimum absolute atomic E-state index is 0.0462. The lowest BCUT2D eigenvalue weighted by atomic mass is 9.90. The van der Waals surface area contributed by atoms with E-state index in [4.69, 9.17) is 10.5 Å². The lowest BCUT2D eigenvalue weighted by Crippen LogP contribution is -2.49. The number of aryl methyl sites for hydroxylation is 2. The predicted octanol–water partition coefficient (Wildman–Crippen LogP) is 3.05. The molecule has 0 amide bonds. The van der Waals surface area contributed by atoms with Crippen molar-refractivity contribution in [2.45, 2.75) is 65.6 Å². The minimum atomic E-state index is -0.287. The summed E-state index contributed by atoms with van der Waals surface area (Å²) >= 11 is 3.62. The van der Waals surface area contributed by atoms with Crippen molar-refractivity contribution in [3.63, 3.8) is 0 Å². The zero-order valence-corrected chi connectivity index (χ0v) is 14.2. The highest BCUT2D eigenvalue weighted by Crippen LogP contribution is 2.27. The van der Waals surface area contributed by atoms with Gasteiger partial charge >= 0.3 is 0 Å². The zero-order valence-electron chi connectivity index (χ0n) is 12.7. The van der Waals surface area contributed by atoms with Gasteiger partial charge in [0.25, 0.3) is 0 Å². The smallest absolute Gasteiger partial charge is 0.0805 e. The second kappa shape index (κ2) is 6.86. The molecule has 1 heterocycles. The third kappa shape index (κ3) is 3.58. The van der Waals surface area contributed by atoms with Gasteiger partial charge in [-0.3, -0.25) is 4.68 Å². The highest BCUT2D eigenvalue weighted by molar-refractivity contribution is 9.10. The van der Waals surface area contributed by atoms with E-state index in [-0.39, 0.29) is 11.6 Å². The molecule has 2 atom stereocenters. The molecule has 0 saturated carbocycles. The second-order valence-electron chi connectivity index (χ2n) is 5.07. The van der Waals surface area contributed by atoms with Gasteiger partial charge in [-0.15, -0.1) is 0 Å². The zero-order chi connectivity index (χ0) is 14.6. The van der Waals surface area contributed by atoms with Gasteiger partial charge in [-0.2, -0.15) is 5.10 Å². The molecule has 0 aromatic carbocycles. The van der Waals surface area contributed by atoms with E-state index >= 15 is 0 Å². The van der Waals surface area contributed by atoms with Crippen LogP contribution in [0.25, 0.3) is 0 Å². The molecule has 1 rings (SSSR count). The Kier molecular flexibility index (Phi) is 6.02. The van der Waals surface area contributed by atoms with Crippen LogP contribution < -0.4 is 5.73 Å². The van der Waals surface area contributed by atoms with Crippen molar-refractivity contribution in [1.82, 2.24) is 9.78 Å². The molecular weight excluding hydrogens is 306 g/mol. The van der Waals surface area contributed by atoms with Crippen molar-refractivity contribution in [3.8, 4) is 0 Å². The molecular formula is C14H26BrN3O. The molecule has 0 spiro atoms. The molecule has 2 unspecified atom stereocenters. The standard InChI is InChI=1S/C14H26BrN3O/c1-6-14(5,19-8-3)12(16)9-11-13(15)10(4)17-18(11)7-2/h12H,6-9,16H2,1-5H3. The molecule has 1 aromatic rings. The molecule has 2 N–H and O–H groups in total. The van der Waals surface area contributed by atoms with Crippen LogP contribution in [0.15, 0.2) is 4.47 Å². The molecule has 0 aliphatic carbocycles. The lowest BCUT2D eigenvalue weighted by Gasteiger charge is -2.34. The third-order valence-electron chi connectivity index (χ3n) is 3.83. The number of nitrogens with two attached hydrogens (primary N) is 1. The maximum atomic E-state index is 6.40. The summed E-state index contributed by atoms with van der Waals surface area (Å²) in [4.78, 5) is 0. The molecule has 0 aliphatic heterocycles. The van der Waals surface area contributed by atoms with E-state index in [1.807, 2.05) is 18.5 Å². The third-order valence-corrected chi connectivity index (χ3v) is 4.86. The van der Waals surface area contributed by atoms with Crippen LogP contribution in [-0.4, -0.2) is 28.0 Å². The van der Waals surface area contributed by atoms with Gasteiger partial charge in [0.1, 0.15) is 0 Å². The van der Waals surface area contributed by atoms with E-state index in [2.05, 4.69) is 41.8 Å². The van der Waals surface area contributed by atoms with Gasteiger partial charge in [-0.05, 0) is 50.0 Å². The summed E-state index contributed by atoms with van der Waals surface area (Å²) in [7, 11) is 0. The van der Waals surface area contributed by atoms with Crippen LogP contribution >= 0.6 is 15.9 Å². The first-order chi connectivity index (χ1) is 8.89. The summed E-state index contributed by atoms with van der Waals surface area (Å²) in [5, 5.41) is 4.51. The van der Waals surface area contributed by atoms with Crippen molar-refractivity contribution >= 4 is 15.9 Å². The first-order valence-electron chi connectivity index (χ1n) is 7.00. The average Bonchev–Trinajstić information content (AvgIpc) is 2.66.